The van der Waals surface area contributed by atoms with Gasteiger partial charge in [0.1, 0.15) is 5.78 Å². The van der Waals surface area contributed by atoms with Crippen LogP contribution < -0.4 is 0 Å². The van der Waals surface area contributed by atoms with E-state index in [0.29, 0.717) is 11.7 Å². The topological polar surface area (TPSA) is 17.1 Å². The molecule has 1 atom stereocenters. The molecule has 1 rings (SSSR count). The molecule has 1 heteroatoms. The first-order valence-corrected chi connectivity index (χ1v) is 6.60. The van der Waals surface area contributed by atoms with Gasteiger partial charge < -0.3 is 0 Å². The molecule has 0 bridgehead atoms. The number of hydrogen-bond donors (Lipinski definition) is 0. The molecule has 0 aliphatic heterocycles. The molecule has 1 aliphatic carbocycles. The molecule has 0 saturated carbocycles. The molecule has 0 N–H and O–H groups in total. The van der Waals surface area contributed by atoms with Crippen LogP contribution in [-0.2, 0) is 4.79 Å². The van der Waals surface area contributed by atoms with Crippen molar-refractivity contribution in [1.82, 2.24) is 0 Å². The second-order valence-electron chi connectivity index (χ2n) is 5.89. The van der Waals surface area contributed by atoms with Crippen molar-refractivity contribution in [1.29, 1.82) is 0 Å². The van der Waals surface area contributed by atoms with Gasteiger partial charge in [-0.15, -0.1) is 0 Å². The quantitative estimate of drug-likeness (QED) is 0.639. The fourth-order valence-electron chi connectivity index (χ4n) is 2.71. The Labute approximate surface area is 100 Å². The van der Waals surface area contributed by atoms with Gasteiger partial charge in [-0.3, -0.25) is 4.79 Å². The van der Waals surface area contributed by atoms with Gasteiger partial charge in [-0.25, -0.2) is 0 Å². The smallest absolute Gasteiger partial charge is 0.139 e. The van der Waals surface area contributed by atoms with Crippen LogP contribution in [0.3, 0.4) is 0 Å². The molecule has 0 fully saturated rings. The summed E-state index contributed by atoms with van der Waals surface area (Å²) in [7, 11) is 0. The van der Waals surface area contributed by atoms with E-state index in [1.165, 1.54) is 11.1 Å². The van der Waals surface area contributed by atoms with Gasteiger partial charge in [-0.1, -0.05) is 31.9 Å². The van der Waals surface area contributed by atoms with Crippen molar-refractivity contribution in [3.05, 3.63) is 11.1 Å². The van der Waals surface area contributed by atoms with Gasteiger partial charge in [0.15, 0.2) is 0 Å². The lowest BCUT2D eigenvalue weighted by Crippen LogP contribution is -2.34. The van der Waals surface area contributed by atoms with E-state index in [0.717, 1.165) is 32.1 Å². The Morgan fingerprint density at radius 2 is 1.94 bits per heavy atom. The van der Waals surface area contributed by atoms with E-state index in [1.807, 2.05) is 0 Å². The number of rotatable bonds is 4. The van der Waals surface area contributed by atoms with Gasteiger partial charge in [0, 0.05) is 11.8 Å². The maximum absolute atomic E-state index is 12.4. The predicted octanol–water partition coefficient (Wildman–Crippen LogP) is 4.52. The van der Waals surface area contributed by atoms with E-state index < -0.39 is 0 Å². The van der Waals surface area contributed by atoms with Crippen molar-refractivity contribution in [2.24, 2.45) is 11.3 Å². The minimum atomic E-state index is -0.0339. The summed E-state index contributed by atoms with van der Waals surface area (Å²) < 4.78 is 0. The summed E-state index contributed by atoms with van der Waals surface area (Å²) in [6.45, 7) is 10.9. The van der Waals surface area contributed by atoms with Crippen molar-refractivity contribution >= 4 is 5.78 Å². The zero-order valence-corrected chi connectivity index (χ0v) is 11.5. The largest absolute Gasteiger partial charge is 0.299 e. The van der Waals surface area contributed by atoms with Gasteiger partial charge in [-0.05, 0) is 45.4 Å². The van der Waals surface area contributed by atoms with Crippen LogP contribution >= 0.6 is 0 Å². The van der Waals surface area contributed by atoms with Crippen LogP contribution in [0.5, 0.6) is 0 Å². The van der Waals surface area contributed by atoms with Crippen LogP contribution in [-0.4, -0.2) is 5.78 Å². The number of carbonyl (C=O) groups excluding carboxylic acids is 1. The first-order chi connectivity index (χ1) is 7.41. The highest BCUT2D eigenvalue weighted by Crippen LogP contribution is 2.43. The van der Waals surface area contributed by atoms with E-state index in [2.05, 4.69) is 34.6 Å². The summed E-state index contributed by atoms with van der Waals surface area (Å²) in [5.74, 6) is 0.986. The molecule has 0 heterocycles. The Hall–Kier alpha value is -0.590. The highest BCUT2D eigenvalue weighted by atomic mass is 16.1. The predicted molar refractivity (Wildman–Crippen MR) is 69.4 cm³/mol. The van der Waals surface area contributed by atoms with E-state index in [9.17, 15) is 4.79 Å². The van der Waals surface area contributed by atoms with Crippen molar-refractivity contribution < 1.29 is 4.79 Å². The Morgan fingerprint density at radius 3 is 2.38 bits per heavy atom. The van der Waals surface area contributed by atoms with E-state index >= 15 is 0 Å². The molecule has 0 spiro atoms. The molecule has 1 aliphatic rings. The number of ketones is 1. The third-order valence-electron chi connectivity index (χ3n) is 4.17. The number of hydrogen-bond acceptors (Lipinski definition) is 1. The average molecular weight is 222 g/mol. The third-order valence-corrected chi connectivity index (χ3v) is 4.17. The lowest BCUT2D eigenvalue weighted by atomic mass is 9.66. The molecular formula is C15H26O. The van der Waals surface area contributed by atoms with Gasteiger partial charge in [-0.2, -0.15) is 0 Å². The van der Waals surface area contributed by atoms with Crippen LogP contribution in [0.2, 0.25) is 0 Å². The summed E-state index contributed by atoms with van der Waals surface area (Å²) in [5, 5.41) is 0. The molecule has 0 saturated heterocycles. The Morgan fingerprint density at radius 1 is 1.31 bits per heavy atom. The Balaban J connectivity index is 2.84. The van der Waals surface area contributed by atoms with E-state index in [-0.39, 0.29) is 5.41 Å². The summed E-state index contributed by atoms with van der Waals surface area (Å²) in [5.41, 5.74) is 2.92. The number of allylic oxidation sites excluding steroid dienone is 2. The molecule has 16 heavy (non-hydrogen) atoms. The molecule has 0 unspecified atom stereocenters. The summed E-state index contributed by atoms with van der Waals surface area (Å²) in [6, 6.07) is 0. The molecule has 92 valence electrons. The van der Waals surface area contributed by atoms with Crippen LogP contribution in [0.4, 0.5) is 0 Å². The second kappa shape index (κ2) is 5.16. The Kier molecular flexibility index (Phi) is 4.35. The normalized spacial score (nSPS) is 26.4. The van der Waals surface area contributed by atoms with Crippen molar-refractivity contribution in [3.8, 4) is 0 Å². The lowest BCUT2D eigenvalue weighted by Gasteiger charge is -2.36. The molecule has 1 nitrogen and oxygen atoms in total. The standard InChI is InChI=1S/C15H26O/c1-6-15(14(16)9-11(2)3)8-7-12(4)13(5)10-15/h11H,6-10H2,1-5H3/t15-/m1/s1. The summed E-state index contributed by atoms with van der Waals surface area (Å²) in [4.78, 5) is 12.4. The molecular weight excluding hydrogens is 196 g/mol. The molecule has 0 aromatic heterocycles. The van der Waals surface area contributed by atoms with E-state index in [4.69, 9.17) is 0 Å². The van der Waals surface area contributed by atoms with Gasteiger partial charge in [0.05, 0.1) is 0 Å². The van der Waals surface area contributed by atoms with Crippen LogP contribution in [0.25, 0.3) is 0 Å². The highest BCUT2D eigenvalue weighted by molar-refractivity contribution is 5.85. The van der Waals surface area contributed by atoms with Gasteiger partial charge >= 0.3 is 0 Å². The maximum Gasteiger partial charge on any atom is 0.139 e. The average Bonchev–Trinajstić information content (AvgIpc) is 2.21. The third kappa shape index (κ3) is 2.75. The summed E-state index contributed by atoms with van der Waals surface area (Å²) in [6.07, 6.45) is 4.94. The summed E-state index contributed by atoms with van der Waals surface area (Å²) >= 11 is 0. The minimum Gasteiger partial charge on any atom is -0.299 e. The maximum atomic E-state index is 12.4. The monoisotopic (exact) mass is 222 g/mol. The zero-order valence-electron chi connectivity index (χ0n) is 11.5. The van der Waals surface area contributed by atoms with Crippen LogP contribution in [0, 0.1) is 11.3 Å². The van der Waals surface area contributed by atoms with Gasteiger partial charge in [0.25, 0.3) is 0 Å². The van der Waals surface area contributed by atoms with Crippen molar-refractivity contribution in [2.75, 3.05) is 0 Å². The Bertz CT molecular complexity index is 299. The minimum absolute atomic E-state index is 0.0339. The fourth-order valence-corrected chi connectivity index (χ4v) is 2.71. The first kappa shape index (κ1) is 13.5. The SMILES string of the molecule is CC[C@@]1(C(=O)CC(C)C)CCC(C)=C(C)C1. The number of carbonyl (C=O) groups is 1. The molecule has 0 amide bonds. The van der Waals surface area contributed by atoms with Crippen molar-refractivity contribution in [2.45, 2.75) is 66.7 Å². The molecule has 0 radical (unpaired) electrons. The fraction of sp³-hybridized carbons (Fsp3) is 0.800. The molecule has 0 aromatic rings. The lowest BCUT2D eigenvalue weighted by molar-refractivity contribution is -0.130. The van der Waals surface area contributed by atoms with Crippen LogP contribution in [0.1, 0.15) is 66.7 Å². The molecule has 0 aromatic carbocycles. The zero-order chi connectivity index (χ0) is 12.3. The van der Waals surface area contributed by atoms with Crippen molar-refractivity contribution in [3.63, 3.8) is 0 Å². The first-order valence-electron chi connectivity index (χ1n) is 6.60. The van der Waals surface area contributed by atoms with Gasteiger partial charge in [0.2, 0.25) is 0 Å². The van der Waals surface area contributed by atoms with Crippen LogP contribution in [0.15, 0.2) is 11.1 Å². The van der Waals surface area contributed by atoms with E-state index in [1.54, 1.807) is 0 Å². The second-order valence-corrected chi connectivity index (χ2v) is 5.89. The highest BCUT2D eigenvalue weighted by Gasteiger charge is 2.38. The number of Topliss-reactive ketones (excluding diaryl/α,β-unsaturated/α-hetero) is 1.